The number of methoxy groups -OCH3 is 1. The Hall–Kier alpha value is -4.32. The molecule has 0 radical (unpaired) electrons. The van der Waals surface area contributed by atoms with Gasteiger partial charge in [-0.15, -0.1) is 0 Å². The molecule has 0 saturated carbocycles. The third kappa shape index (κ3) is 3.36. The zero-order chi connectivity index (χ0) is 29.7. The van der Waals surface area contributed by atoms with Crippen LogP contribution in [0.25, 0.3) is 21.7 Å². The number of ether oxygens (including phenoxy) is 1. The fourth-order valence-corrected chi connectivity index (χ4v) is 6.30. The van der Waals surface area contributed by atoms with E-state index in [0.29, 0.717) is 18.5 Å². The Labute approximate surface area is 235 Å². The summed E-state index contributed by atoms with van der Waals surface area (Å²) in [6, 6.07) is 2.70. The first-order valence-corrected chi connectivity index (χ1v) is 13.1. The van der Waals surface area contributed by atoms with Crippen molar-refractivity contribution in [1.29, 1.82) is 0 Å². The predicted octanol–water partition coefficient (Wildman–Crippen LogP) is 2.72. The number of rotatable bonds is 3. The molecule has 6 rings (SSSR count). The summed E-state index contributed by atoms with van der Waals surface area (Å²) < 4.78 is 12.4. The lowest BCUT2D eigenvalue weighted by molar-refractivity contribution is 0.00533. The monoisotopic (exact) mass is 579 g/mol. The van der Waals surface area contributed by atoms with Gasteiger partial charge in [0.1, 0.15) is 22.8 Å². The largest absolute Gasteiger partial charge is 0.506 e. The van der Waals surface area contributed by atoms with Gasteiger partial charge in [-0.05, 0) is 18.6 Å². The lowest BCUT2D eigenvalue weighted by Crippen LogP contribution is -2.35. The number of nitrogens with zero attached hydrogens (tertiary/aromatic N) is 1. The lowest BCUT2D eigenvalue weighted by atomic mass is 9.80. The molecule has 0 amide bonds. The zero-order valence-electron chi connectivity index (χ0n) is 22.0. The second-order valence-corrected chi connectivity index (χ2v) is 10.5. The van der Waals surface area contributed by atoms with Gasteiger partial charge in [-0.1, -0.05) is 24.9 Å². The topological polar surface area (TPSA) is 173 Å². The number of aliphatic hydroxyl groups is 2. The van der Waals surface area contributed by atoms with Crippen molar-refractivity contribution >= 4 is 50.7 Å². The number of pyridine rings is 1. The summed E-state index contributed by atoms with van der Waals surface area (Å²) in [6.07, 6.45) is -2.85. The van der Waals surface area contributed by atoms with Crippen LogP contribution >= 0.6 is 11.6 Å². The summed E-state index contributed by atoms with van der Waals surface area (Å²) in [4.78, 5) is 67.4. The minimum absolute atomic E-state index is 0.0159. The number of benzene rings is 2. The van der Waals surface area contributed by atoms with Crippen LogP contribution in [0, 0.1) is 0 Å². The Morgan fingerprint density at radius 3 is 2.41 bits per heavy atom. The van der Waals surface area contributed by atoms with E-state index in [1.807, 2.05) is 6.92 Å². The molecule has 2 aliphatic rings. The molecule has 2 aliphatic carbocycles. The van der Waals surface area contributed by atoms with Crippen molar-refractivity contribution in [3.05, 3.63) is 77.0 Å². The number of ketones is 3. The number of aromatic hydroxyl groups is 1. The quantitative estimate of drug-likeness (QED) is 0.270. The standard InChI is InChI=1S/C29H22ClNO10/c1-4-5-11-20(30)16-17(29(39)31(11)2)23(36)14-9(21(16)34)6-7-10-15(14)24(37)19-25(38)18-22(35)12(32)8-13(33)27(18)41-28(19)26(10)40-3/h6-7,12,22,32,35,37H,4-5,8H2,1-3H3/t12-,22-/m0/s1. The lowest BCUT2D eigenvalue weighted by Gasteiger charge is -2.25. The SMILES string of the molecule is CCCc1c(Cl)c2c(c(=O)n1C)C(=O)c1c(ccc3c(OC)c4oc5c(c(=O)c4c(O)c13)[C@@H](O)[C@@H](O)CC5=O)C2=O. The molecule has 2 aromatic heterocycles. The molecule has 0 fully saturated rings. The highest BCUT2D eigenvalue weighted by Crippen LogP contribution is 2.47. The molecule has 2 aromatic carbocycles. The van der Waals surface area contributed by atoms with Crippen LogP contribution in [-0.4, -0.2) is 50.5 Å². The molecule has 11 nitrogen and oxygen atoms in total. The molecular weight excluding hydrogens is 558 g/mol. The molecule has 0 saturated heterocycles. The summed E-state index contributed by atoms with van der Waals surface area (Å²) in [6.45, 7) is 1.87. The average molecular weight is 580 g/mol. The van der Waals surface area contributed by atoms with Gasteiger partial charge in [0, 0.05) is 41.1 Å². The van der Waals surface area contributed by atoms with Crippen LogP contribution in [0.4, 0.5) is 0 Å². The van der Waals surface area contributed by atoms with E-state index in [4.69, 9.17) is 20.8 Å². The number of aromatic nitrogens is 1. The van der Waals surface area contributed by atoms with Gasteiger partial charge < -0.3 is 29.0 Å². The number of aliphatic hydroxyl groups excluding tert-OH is 2. The maximum absolute atomic E-state index is 14.0. The van der Waals surface area contributed by atoms with Crippen molar-refractivity contribution in [3.8, 4) is 11.5 Å². The van der Waals surface area contributed by atoms with Gasteiger partial charge >= 0.3 is 0 Å². The number of fused-ring (bicyclic) bond motifs is 6. The van der Waals surface area contributed by atoms with Crippen LogP contribution in [0.3, 0.4) is 0 Å². The molecular formula is C29H22ClNO10. The Balaban J connectivity index is 1.77. The van der Waals surface area contributed by atoms with Crippen molar-refractivity contribution in [2.75, 3.05) is 7.11 Å². The first-order chi connectivity index (χ1) is 19.5. The summed E-state index contributed by atoms with van der Waals surface area (Å²) in [5.41, 5.74) is -3.47. The van der Waals surface area contributed by atoms with E-state index >= 15 is 0 Å². The van der Waals surface area contributed by atoms with Crippen molar-refractivity contribution < 1.29 is 38.9 Å². The second-order valence-electron chi connectivity index (χ2n) is 10.1. The van der Waals surface area contributed by atoms with Crippen LogP contribution in [-0.2, 0) is 13.5 Å². The number of hydrogen-bond acceptors (Lipinski definition) is 10. The second kappa shape index (κ2) is 9.10. The molecule has 0 spiro atoms. The van der Waals surface area contributed by atoms with Gasteiger partial charge in [-0.3, -0.25) is 24.0 Å². The van der Waals surface area contributed by atoms with Gasteiger partial charge in [0.2, 0.25) is 17.0 Å². The van der Waals surface area contributed by atoms with Crippen LogP contribution < -0.4 is 15.7 Å². The highest BCUT2D eigenvalue weighted by Gasteiger charge is 2.41. The van der Waals surface area contributed by atoms with E-state index in [9.17, 15) is 39.3 Å². The van der Waals surface area contributed by atoms with Crippen LogP contribution in [0.2, 0.25) is 5.02 Å². The number of carbonyl (C=O) groups is 3. The van der Waals surface area contributed by atoms with E-state index in [0.717, 1.165) is 0 Å². The molecule has 210 valence electrons. The summed E-state index contributed by atoms with van der Waals surface area (Å²) in [5.74, 6) is -3.77. The fraction of sp³-hybridized carbons (Fsp3) is 0.276. The van der Waals surface area contributed by atoms with Crippen LogP contribution in [0.5, 0.6) is 11.5 Å². The van der Waals surface area contributed by atoms with Gasteiger partial charge in [0.05, 0.1) is 29.4 Å². The Kier molecular flexibility index (Phi) is 5.96. The minimum Gasteiger partial charge on any atom is -0.506 e. The summed E-state index contributed by atoms with van der Waals surface area (Å²) >= 11 is 6.58. The van der Waals surface area contributed by atoms with Crippen molar-refractivity contribution in [2.45, 2.75) is 38.4 Å². The maximum atomic E-state index is 14.0. The summed E-state index contributed by atoms with van der Waals surface area (Å²) in [7, 11) is 2.68. The molecule has 4 aromatic rings. The Morgan fingerprint density at radius 2 is 1.76 bits per heavy atom. The number of carbonyl (C=O) groups excluding carboxylic acids is 3. The molecule has 2 atom stereocenters. The number of phenolic OH excluding ortho intramolecular Hbond substituents is 1. The first kappa shape index (κ1) is 26.9. The van der Waals surface area contributed by atoms with Gasteiger partial charge in [-0.25, -0.2) is 0 Å². The van der Waals surface area contributed by atoms with Crippen LogP contribution in [0.1, 0.15) is 79.5 Å². The van der Waals surface area contributed by atoms with E-state index in [1.54, 1.807) is 0 Å². The van der Waals surface area contributed by atoms with Crippen molar-refractivity contribution in [1.82, 2.24) is 4.57 Å². The first-order valence-electron chi connectivity index (χ1n) is 12.7. The average Bonchev–Trinajstić information content (AvgIpc) is 2.94. The normalized spacial score (nSPS) is 18.0. The van der Waals surface area contributed by atoms with E-state index < -0.39 is 75.0 Å². The maximum Gasteiger partial charge on any atom is 0.262 e. The number of halogens is 1. The van der Waals surface area contributed by atoms with Crippen molar-refractivity contribution in [2.24, 2.45) is 7.05 Å². The van der Waals surface area contributed by atoms with E-state index in [-0.39, 0.29) is 43.8 Å². The number of Topliss-reactive ketones (excluding diaryl/α,β-unsaturated/α-hetero) is 1. The predicted molar refractivity (Wildman–Crippen MR) is 146 cm³/mol. The highest BCUT2D eigenvalue weighted by atomic mass is 35.5. The molecule has 3 N–H and O–H groups in total. The highest BCUT2D eigenvalue weighted by molar-refractivity contribution is 6.41. The van der Waals surface area contributed by atoms with E-state index in [1.165, 1.54) is 30.9 Å². The molecule has 2 heterocycles. The molecule has 0 bridgehead atoms. The zero-order valence-corrected chi connectivity index (χ0v) is 22.7. The van der Waals surface area contributed by atoms with Gasteiger partial charge in [-0.2, -0.15) is 0 Å². The number of phenols is 1. The molecule has 0 unspecified atom stereocenters. The smallest absolute Gasteiger partial charge is 0.262 e. The summed E-state index contributed by atoms with van der Waals surface area (Å²) in [5, 5.41) is 31.4. The number of hydrogen-bond donors (Lipinski definition) is 3. The third-order valence-corrected chi connectivity index (χ3v) is 8.26. The molecule has 12 heteroatoms. The van der Waals surface area contributed by atoms with Gasteiger partial charge in [0.15, 0.2) is 22.9 Å². The minimum atomic E-state index is -1.79. The van der Waals surface area contributed by atoms with Gasteiger partial charge in [0.25, 0.3) is 5.56 Å². The Bertz CT molecular complexity index is 2040. The van der Waals surface area contributed by atoms with E-state index in [2.05, 4.69) is 0 Å². The molecule has 41 heavy (non-hydrogen) atoms. The Morgan fingerprint density at radius 1 is 1.05 bits per heavy atom. The fourth-order valence-electron chi connectivity index (χ4n) is 5.90. The van der Waals surface area contributed by atoms with Crippen LogP contribution in [0.15, 0.2) is 26.1 Å². The third-order valence-electron chi connectivity index (χ3n) is 7.85. The van der Waals surface area contributed by atoms with Crippen molar-refractivity contribution in [3.63, 3.8) is 0 Å². The molecule has 0 aliphatic heterocycles.